The third kappa shape index (κ3) is 5.62. The molecule has 0 aromatic heterocycles. The minimum Gasteiger partial charge on any atom is -0.497 e. The van der Waals surface area contributed by atoms with E-state index in [4.69, 9.17) is 20.6 Å². The van der Waals surface area contributed by atoms with E-state index in [1.807, 2.05) is 29.2 Å². The number of esters is 1. The van der Waals surface area contributed by atoms with Crippen LogP contribution in [0.15, 0.2) is 42.5 Å². The van der Waals surface area contributed by atoms with Gasteiger partial charge in [-0.15, -0.1) is 0 Å². The van der Waals surface area contributed by atoms with Crippen LogP contribution in [-0.2, 0) is 16.1 Å². The number of benzene rings is 2. The first-order valence-electron chi connectivity index (χ1n) is 9.38. The van der Waals surface area contributed by atoms with E-state index in [1.165, 1.54) is 0 Å². The van der Waals surface area contributed by atoms with Crippen LogP contribution in [-0.4, -0.2) is 45.1 Å². The van der Waals surface area contributed by atoms with Crippen LogP contribution < -0.4 is 20.3 Å². The van der Waals surface area contributed by atoms with Gasteiger partial charge in [0.1, 0.15) is 24.6 Å². The lowest BCUT2D eigenvalue weighted by atomic mass is 10.1. The molecule has 1 heterocycles. The number of methoxy groups -OCH3 is 1. The minimum absolute atomic E-state index is 0. The van der Waals surface area contributed by atoms with Gasteiger partial charge in [0.25, 0.3) is 0 Å². The molecule has 7 nitrogen and oxygen atoms in total. The van der Waals surface area contributed by atoms with Crippen molar-refractivity contribution in [3.05, 3.63) is 53.8 Å². The lowest BCUT2D eigenvalue weighted by Gasteiger charge is -2.37. The van der Waals surface area contributed by atoms with E-state index in [9.17, 15) is 9.18 Å². The van der Waals surface area contributed by atoms with Crippen LogP contribution in [0.2, 0.25) is 0 Å². The zero-order chi connectivity index (χ0) is 20.8. The number of nitrogens with zero attached hydrogens (tertiary/aromatic N) is 2. The molecule has 3 rings (SSSR count). The monoisotopic (exact) mass is 416 g/mol. The first-order valence-corrected chi connectivity index (χ1v) is 9.38. The molecule has 0 aliphatic carbocycles. The average molecular weight is 416 g/mol. The molecule has 1 fully saturated rings. The summed E-state index contributed by atoms with van der Waals surface area (Å²) in [5.41, 5.74) is 7.08. The first kappa shape index (κ1) is 23.0. The number of hydrogen-bond donors (Lipinski definition) is 2. The normalized spacial score (nSPS) is 13.4. The van der Waals surface area contributed by atoms with Gasteiger partial charge in [-0.1, -0.05) is 19.6 Å². The summed E-state index contributed by atoms with van der Waals surface area (Å²) in [7, 11) is 1.64. The Kier molecular flexibility index (Phi) is 8.03. The van der Waals surface area contributed by atoms with Gasteiger partial charge in [0.05, 0.1) is 12.8 Å². The van der Waals surface area contributed by atoms with Gasteiger partial charge >= 0.3 is 5.97 Å². The Morgan fingerprint density at radius 3 is 2.33 bits per heavy atom. The van der Waals surface area contributed by atoms with Crippen molar-refractivity contribution in [2.45, 2.75) is 20.5 Å². The summed E-state index contributed by atoms with van der Waals surface area (Å²) in [6.45, 7) is 2.71. The van der Waals surface area contributed by atoms with Gasteiger partial charge in [-0.25, -0.2) is 4.39 Å². The van der Waals surface area contributed by atoms with Crippen molar-refractivity contribution in [2.24, 2.45) is 5.73 Å². The number of nitrogens with one attached hydrogen (secondary N) is 1. The quantitative estimate of drug-likeness (QED) is 0.409. The second-order valence-electron chi connectivity index (χ2n) is 6.79. The first-order chi connectivity index (χ1) is 14.0. The van der Waals surface area contributed by atoms with Crippen molar-refractivity contribution in [3.63, 3.8) is 0 Å². The van der Waals surface area contributed by atoms with Crippen LogP contribution in [0.3, 0.4) is 0 Å². The fraction of sp³-hybridized carbons (Fsp3) is 0.364. The lowest BCUT2D eigenvalue weighted by Crippen LogP contribution is -2.46. The minimum atomic E-state index is -0.643. The zero-order valence-electron chi connectivity index (χ0n) is 16.4. The van der Waals surface area contributed by atoms with E-state index in [2.05, 4.69) is 4.90 Å². The third-order valence-electron chi connectivity index (χ3n) is 4.84. The smallest absolute Gasteiger partial charge is 0.313 e. The molecule has 1 saturated heterocycles. The Balaban J connectivity index is 0.00000320. The molecule has 2 aromatic rings. The molecular weight excluding hydrogens is 387 g/mol. The van der Waals surface area contributed by atoms with Crippen molar-refractivity contribution in [2.75, 3.05) is 43.1 Å². The Labute approximate surface area is 176 Å². The van der Waals surface area contributed by atoms with Crippen LogP contribution in [0.25, 0.3) is 0 Å². The Morgan fingerprint density at radius 1 is 1.10 bits per heavy atom. The number of piperazine rings is 1. The molecule has 0 saturated carbocycles. The molecule has 162 valence electrons. The molecule has 0 bridgehead atoms. The number of halogens is 1. The molecule has 8 heteroatoms. The maximum Gasteiger partial charge on any atom is 0.313 e. The van der Waals surface area contributed by atoms with Crippen molar-refractivity contribution in [1.82, 2.24) is 0 Å². The van der Waals surface area contributed by atoms with Gasteiger partial charge in [0.2, 0.25) is 0 Å². The van der Waals surface area contributed by atoms with Gasteiger partial charge in [-0.05, 0) is 30.3 Å². The highest BCUT2D eigenvalue weighted by Crippen LogP contribution is 2.26. The number of nitrogens with two attached hydrogens (primary N) is 1. The van der Waals surface area contributed by atoms with E-state index < -0.39 is 5.97 Å². The number of carbonyl (C=O) groups excluding carboxylic acids is 1. The van der Waals surface area contributed by atoms with E-state index in [-0.39, 0.29) is 32.1 Å². The molecule has 2 aromatic carbocycles. The molecule has 0 radical (unpaired) electrons. The van der Waals surface area contributed by atoms with Crippen LogP contribution >= 0.6 is 0 Å². The fourth-order valence-corrected chi connectivity index (χ4v) is 3.29. The Morgan fingerprint density at radius 2 is 1.73 bits per heavy atom. The molecular formula is C22H29FN4O3. The second-order valence-corrected chi connectivity index (χ2v) is 6.79. The molecule has 0 atom stereocenters. The number of ether oxygens (including phenoxy) is 2. The van der Waals surface area contributed by atoms with E-state index in [1.54, 1.807) is 25.3 Å². The number of carbonyl (C=O) groups is 1. The van der Waals surface area contributed by atoms with E-state index in [0.29, 0.717) is 24.3 Å². The maximum atomic E-state index is 14.9. The van der Waals surface area contributed by atoms with E-state index in [0.717, 1.165) is 24.5 Å². The van der Waals surface area contributed by atoms with Crippen LogP contribution in [0.1, 0.15) is 19.4 Å². The number of amidine groups is 1. The number of anilines is 2. The highest BCUT2D eigenvalue weighted by molar-refractivity contribution is 5.94. The van der Waals surface area contributed by atoms with Gasteiger partial charge in [-0.3, -0.25) is 10.2 Å². The van der Waals surface area contributed by atoms with Crippen molar-refractivity contribution in [1.29, 1.82) is 5.41 Å². The van der Waals surface area contributed by atoms with Crippen LogP contribution in [0.4, 0.5) is 15.8 Å². The van der Waals surface area contributed by atoms with E-state index >= 15 is 0 Å². The summed E-state index contributed by atoms with van der Waals surface area (Å²) < 4.78 is 25.2. The molecule has 30 heavy (non-hydrogen) atoms. The maximum absolute atomic E-state index is 14.9. The zero-order valence-corrected chi connectivity index (χ0v) is 16.4. The van der Waals surface area contributed by atoms with Gasteiger partial charge in [0.15, 0.2) is 5.82 Å². The average Bonchev–Trinajstić information content (AvgIpc) is 2.73. The standard InChI is InChI=1S/C21H25FN4O3.CH4/c1-28-17-7-5-16(6-8-17)25-9-11-26(12-10-25)18-4-2-3-15(21(18)22)14-29-20(27)13-19(23)24;/h2-8H,9-14H2,1H3,(H3,23,24);1H4. The molecule has 1 aliphatic rings. The lowest BCUT2D eigenvalue weighted by molar-refractivity contribution is -0.143. The summed E-state index contributed by atoms with van der Waals surface area (Å²) in [4.78, 5) is 15.8. The Bertz CT molecular complexity index is 865. The molecule has 0 amide bonds. The summed E-state index contributed by atoms with van der Waals surface area (Å²) >= 11 is 0. The van der Waals surface area contributed by atoms with Gasteiger partial charge in [0, 0.05) is 37.4 Å². The highest BCUT2D eigenvalue weighted by Gasteiger charge is 2.21. The predicted octanol–water partition coefficient (Wildman–Crippen LogP) is 3.17. The molecule has 1 aliphatic heterocycles. The molecule has 3 N–H and O–H groups in total. The fourth-order valence-electron chi connectivity index (χ4n) is 3.29. The summed E-state index contributed by atoms with van der Waals surface area (Å²) in [6.07, 6.45) is -0.297. The SMILES string of the molecule is C.COc1ccc(N2CCN(c3cccc(COC(=O)CC(=N)N)c3F)CC2)cc1. The van der Waals surface area contributed by atoms with Gasteiger partial charge < -0.3 is 25.0 Å². The molecule has 0 unspecified atom stereocenters. The summed E-state index contributed by atoms with van der Waals surface area (Å²) in [5.74, 6) is -0.495. The van der Waals surface area contributed by atoms with Crippen LogP contribution in [0, 0.1) is 11.2 Å². The Hall–Kier alpha value is -3.29. The second kappa shape index (κ2) is 10.5. The van der Waals surface area contributed by atoms with Crippen molar-refractivity contribution >= 4 is 23.2 Å². The number of rotatable bonds is 7. The van der Waals surface area contributed by atoms with Gasteiger partial charge in [-0.2, -0.15) is 0 Å². The summed E-state index contributed by atoms with van der Waals surface area (Å²) in [5, 5.41) is 7.10. The topological polar surface area (TPSA) is 91.9 Å². The predicted molar refractivity (Wildman–Crippen MR) is 117 cm³/mol. The highest BCUT2D eigenvalue weighted by atomic mass is 19.1. The molecule has 0 spiro atoms. The largest absolute Gasteiger partial charge is 0.497 e. The van der Waals surface area contributed by atoms with Crippen molar-refractivity contribution < 1.29 is 18.7 Å². The third-order valence-corrected chi connectivity index (χ3v) is 4.84. The number of hydrogen-bond acceptors (Lipinski definition) is 6. The van der Waals surface area contributed by atoms with Crippen LogP contribution in [0.5, 0.6) is 5.75 Å². The summed E-state index contributed by atoms with van der Waals surface area (Å²) in [6, 6.07) is 13.0. The van der Waals surface area contributed by atoms with Crippen molar-refractivity contribution in [3.8, 4) is 5.75 Å².